The average molecular weight is 276 g/mol. The molecule has 0 aliphatic rings. The number of rotatable bonds is 3. The third kappa shape index (κ3) is 2.08. The van der Waals surface area contributed by atoms with Gasteiger partial charge in [0.2, 0.25) is 5.95 Å². The molecular weight excluding hydrogens is 262 g/mol. The molecular formula is C14H14ClN3O. The molecule has 0 aliphatic carbocycles. The fraction of sp³-hybridized carbons (Fsp3) is 0.214. The van der Waals surface area contributed by atoms with Gasteiger partial charge < -0.3 is 14.7 Å². The normalized spacial score (nSPS) is 12.9. The second-order valence-corrected chi connectivity index (χ2v) is 4.99. The van der Waals surface area contributed by atoms with Crippen molar-refractivity contribution in [2.45, 2.75) is 19.4 Å². The van der Waals surface area contributed by atoms with Gasteiger partial charge >= 0.3 is 0 Å². The molecule has 1 unspecified atom stereocenters. The van der Waals surface area contributed by atoms with E-state index in [1.165, 1.54) is 0 Å². The molecule has 4 nitrogen and oxygen atoms in total. The van der Waals surface area contributed by atoms with Crippen LogP contribution in [0, 0.1) is 0 Å². The van der Waals surface area contributed by atoms with Crippen LogP contribution in [0.15, 0.2) is 41.0 Å². The zero-order valence-corrected chi connectivity index (χ0v) is 11.3. The lowest BCUT2D eigenvalue weighted by molar-refractivity contribution is 0.456. The predicted octanol–water partition coefficient (Wildman–Crippen LogP) is 3.67. The molecule has 0 saturated carbocycles. The third-order valence-electron chi connectivity index (χ3n) is 3.21. The SMILES string of the molecule is CC(Cc1ccco1)n1c(N)nc2cccc(Cl)c21. The summed E-state index contributed by atoms with van der Waals surface area (Å²) in [6.07, 6.45) is 2.41. The van der Waals surface area contributed by atoms with Crippen LogP contribution in [0.25, 0.3) is 11.0 Å². The smallest absolute Gasteiger partial charge is 0.201 e. The summed E-state index contributed by atoms with van der Waals surface area (Å²) in [7, 11) is 0. The molecule has 2 heterocycles. The zero-order valence-electron chi connectivity index (χ0n) is 10.5. The Labute approximate surface area is 115 Å². The van der Waals surface area contributed by atoms with Crippen molar-refractivity contribution in [3.8, 4) is 0 Å². The number of benzene rings is 1. The molecule has 0 spiro atoms. The van der Waals surface area contributed by atoms with E-state index in [-0.39, 0.29) is 6.04 Å². The Morgan fingerprint density at radius 3 is 2.95 bits per heavy atom. The fourth-order valence-electron chi connectivity index (χ4n) is 2.38. The second-order valence-electron chi connectivity index (χ2n) is 4.58. The monoisotopic (exact) mass is 275 g/mol. The molecule has 0 fully saturated rings. The van der Waals surface area contributed by atoms with E-state index in [2.05, 4.69) is 11.9 Å². The average Bonchev–Trinajstić information content (AvgIpc) is 2.96. The molecule has 19 heavy (non-hydrogen) atoms. The molecule has 2 N–H and O–H groups in total. The summed E-state index contributed by atoms with van der Waals surface area (Å²) in [6.45, 7) is 2.07. The highest BCUT2D eigenvalue weighted by Crippen LogP contribution is 2.30. The number of nitrogens with zero attached hydrogens (tertiary/aromatic N) is 2. The van der Waals surface area contributed by atoms with Crippen LogP contribution in [-0.2, 0) is 6.42 Å². The molecule has 1 atom stereocenters. The largest absolute Gasteiger partial charge is 0.469 e. The van der Waals surface area contributed by atoms with Crippen LogP contribution in [-0.4, -0.2) is 9.55 Å². The topological polar surface area (TPSA) is 57.0 Å². The number of para-hydroxylation sites is 1. The van der Waals surface area contributed by atoms with E-state index in [1.807, 2.05) is 34.9 Å². The number of halogens is 1. The van der Waals surface area contributed by atoms with Gasteiger partial charge in [0.05, 0.1) is 22.3 Å². The summed E-state index contributed by atoms with van der Waals surface area (Å²) >= 11 is 6.26. The van der Waals surface area contributed by atoms with Crippen molar-refractivity contribution in [3.05, 3.63) is 47.4 Å². The Morgan fingerprint density at radius 2 is 2.21 bits per heavy atom. The van der Waals surface area contributed by atoms with E-state index in [0.29, 0.717) is 11.0 Å². The van der Waals surface area contributed by atoms with E-state index in [9.17, 15) is 0 Å². The fourth-order valence-corrected chi connectivity index (χ4v) is 2.64. The first kappa shape index (κ1) is 12.1. The predicted molar refractivity (Wildman–Crippen MR) is 76.3 cm³/mol. The Morgan fingerprint density at radius 1 is 1.37 bits per heavy atom. The van der Waals surface area contributed by atoms with Crippen molar-refractivity contribution in [2.75, 3.05) is 5.73 Å². The van der Waals surface area contributed by atoms with Gasteiger partial charge in [0.1, 0.15) is 5.76 Å². The van der Waals surface area contributed by atoms with E-state index >= 15 is 0 Å². The summed E-state index contributed by atoms with van der Waals surface area (Å²) in [5, 5.41) is 0.660. The van der Waals surface area contributed by atoms with Crippen molar-refractivity contribution >= 4 is 28.6 Å². The molecule has 2 aromatic heterocycles. The molecule has 3 aromatic rings. The zero-order chi connectivity index (χ0) is 13.4. The van der Waals surface area contributed by atoms with Gasteiger partial charge in [-0.2, -0.15) is 0 Å². The van der Waals surface area contributed by atoms with Gasteiger partial charge in [-0.1, -0.05) is 17.7 Å². The first-order valence-electron chi connectivity index (χ1n) is 6.11. The minimum absolute atomic E-state index is 0.121. The first-order valence-corrected chi connectivity index (χ1v) is 6.49. The van der Waals surface area contributed by atoms with Crippen molar-refractivity contribution in [1.29, 1.82) is 0 Å². The van der Waals surface area contributed by atoms with E-state index in [0.717, 1.165) is 23.2 Å². The highest BCUT2D eigenvalue weighted by Gasteiger charge is 2.17. The minimum Gasteiger partial charge on any atom is -0.469 e. The van der Waals surface area contributed by atoms with Crippen molar-refractivity contribution in [2.24, 2.45) is 0 Å². The van der Waals surface area contributed by atoms with Crippen LogP contribution < -0.4 is 5.73 Å². The van der Waals surface area contributed by atoms with E-state index < -0.39 is 0 Å². The summed E-state index contributed by atoms with van der Waals surface area (Å²) in [5.41, 5.74) is 7.71. The van der Waals surface area contributed by atoms with Crippen LogP contribution in [0.1, 0.15) is 18.7 Å². The highest BCUT2D eigenvalue weighted by atomic mass is 35.5. The molecule has 0 aliphatic heterocycles. The number of furan rings is 1. The summed E-state index contributed by atoms with van der Waals surface area (Å²) in [4.78, 5) is 4.35. The highest BCUT2D eigenvalue weighted by molar-refractivity contribution is 6.35. The van der Waals surface area contributed by atoms with Gasteiger partial charge in [0, 0.05) is 12.5 Å². The van der Waals surface area contributed by atoms with Crippen LogP contribution >= 0.6 is 11.6 Å². The molecule has 0 saturated heterocycles. The molecule has 98 valence electrons. The number of anilines is 1. The lowest BCUT2D eigenvalue weighted by Crippen LogP contribution is -2.11. The number of hydrogen-bond donors (Lipinski definition) is 1. The molecule has 0 amide bonds. The number of hydrogen-bond acceptors (Lipinski definition) is 3. The van der Waals surface area contributed by atoms with E-state index in [1.54, 1.807) is 6.26 Å². The van der Waals surface area contributed by atoms with E-state index in [4.69, 9.17) is 21.8 Å². The maximum absolute atomic E-state index is 6.26. The number of nitrogen functional groups attached to an aromatic ring is 1. The van der Waals surface area contributed by atoms with Crippen LogP contribution in [0.4, 0.5) is 5.95 Å². The summed E-state index contributed by atoms with van der Waals surface area (Å²) < 4.78 is 7.34. The standard InChI is InChI=1S/C14H14ClN3O/c1-9(8-10-4-3-7-19-10)18-13-11(15)5-2-6-12(13)17-14(18)16/h2-7,9H,8H2,1H3,(H2,16,17). The number of nitrogens with two attached hydrogens (primary N) is 1. The number of aromatic nitrogens is 2. The number of fused-ring (bicyclic) bond motifs is 1. The van der Waals surface area contributed by atoms with Gasteiger partial charge in [-0.05, 0) is 31.2 Å². The van der Waals surface area contributed by atoms with Gasteiger partial charge in [-0.25, -0.2) is 4.98 Å². The van der Waals surface area contributed by atoms with Gasteiger partial charge in [0.25, 0.3) is 0 Å². The van der Waals surface area contributed by atoms with Crippen molar-refractivity contribution in [3.63, 3.8) is 0 Å². The molecule has 0 bridgehead atoms. The molecule has 1 aromatic carbocycles. The Balaban J connectivity index is 2.06. The summed E-state index contributed by atoms with van der Waals surface area (Å²) in [5.74, 6) is 1.39. The van der Waals surface area contributed by atoms with Gasteiger partial charge in [-0.3, -0.25) is 0 Å². The maximum Gasteiger partial charge on any atom is 0.201 e. The van der Waals surface area contributed by atoms with Crippen LogP contribution in [0.3, 0.4) is 0 Å². The van der Waals surface area contributed by atoms with Gasteiger partial charge in [0.15, 0.2) is 0 Å². The Kier molecular flexibility index (Phi) is 2.95. The van der Waals surface area contributed by atoms with Crippen molar-refractivity contribution in [1.82, 2.24) is 9.55 Å². The van der Waals surface area contributed by atoms with Crippen LogP contribution in [0.2, 0.25) is 5.02 Å². The Bertz CT molecular complexity index is 703. The van der Waals surface area contributed by atoms with Crippen LogP contribution in [0.5, 0.6) is 0 Å². The minimum atomic E-state index is 0.121. The lowest BCUT2D eigenvalue weighted by atomic mass is 10.2. The molecule has 5 heteroatoms. The molecule has 3 rings (SSSR count). The first-order chi connectivity index (χ1) is 9.16. The second kappa shape index (κ2) is 4.63. The summed E-state index contributed by atoms with van der Waals surface area (Å²) in [6, 6.07) is 9.58. The van der Waals surface area contributed by atoms with Crippen molar-refractivity contribution < 1.29 is 4.42 Å². The third-order valence-corrected chi connectivity index (χ3v) is 3.51. The molecule has 0 radical (unpaired) electrons. The van der Waals surface area contributed by atoms with Gasteiger partial charge in [-0.15, -0.1) is 0 Å². The quantitative estimate of drug-likeness (QED) is 0.793. The number of imidazole rings is 1. The Hall–Kier alpha value is -1.94. The maximum atomic E-state index is 6.26. The lowest BCUT2D eigenvalue weighted by Gasteiger charge is -2.15.